The number of hydrogen-bond donors (Lipinski definition) is 0. The molecule has 21 heavy (non-hydrogen) atoms. The summed E-state index contributed by atoms with van der Waals surface area (Å²) in [5.74, 6) is -0.746. The minimum absolute atomic E-state index is 0.0168. The molecule has 7 nitrogen and oxygen atoms in total. The summed E-state index contributed by atoms with van der Waals surface area (Å²) in [4.78, 5) is 28.6. The van der Waals surface area contributed by atoms with Crippen molar-refractivity contribution in [3.05, 3.63) is 11.1 Å². The summed E-state index contributed by atoms with van der Waals surface area (Å²) in [6, 6.07) is 0. The van der Waals surface area contributed by atoms with Crippen molar-refractivity contribution in [2.24, 2.45) is 0 Å². The van der Waals surface area contributed by atoms with Crippen LogP contribution in [0.15, 0.2) is 5.38 Å². The van der Waals surface area contributed by atoms with E-state index in [4.69, 9.17) is 15.4 Å². The lowest BCUT2D eigenvalue weighted by Gasteiger charge is -2.11. The van der Waals surface area contributed by atoms with Crippen LogP contribution in [0, 0.1) is 0 Å². The molecule has 1 atom stereocenters. The number of hydrogen-bond acceptors (Lipinski definition) is 7. The highest BCUT2D eigenvalue weighted by Crippen LogP contribution is 2.29. The minimum atomic E-state index is -3.78. The summed E-state index contributed by atoms with van der Waals surface area (Å²) in [7, 11) is 1.50. The number of anilines is 1. The third-order valence-corrected chi connectivity index (χ3v) is 5.67. The first kappa shape index (κ1) is 16.2. The quantitative estimate of drug-likeness (QED) is 0.578. The normalized spacial score (nSPS) is 19.0. The fourth-order valence-electron chi connectivity index (χ4n) is 1.91. The van der Waals surface area contributed by atoms with Gasteiger partial charge in [-0.05, 0) is 6.92 Å². The van der Waals surface area contributed by atoms with Gasteiger partial charge in [0.15, 0.2) is 5.13 Å². The molecular weight excluding hydrogens is 340 g/mol. The van der Waals surface area contributed by atoms with Crippen molar-refractivity contribution in [3.8, 4) is 0 Å². The average Bonchev–Trinajstić information content (AvgIpc) is 2.95. The van der Waals surface area contributed by atoms with Gasteiger partial charge >= 0.3 is 5.97 Å². The highest BCUT2D eigenvalue weighted by Gasteiger charge is 2.39. The van der Waals surface area contributed by atoms with E-state index in [9.17, 15) is 18.0 Å². The largest absolute Gasteiger partial charge is 0.466 e. The van der Waals surface area contributed by atoms with Crippen LogP contribution in [0.5, 0.6) is 0 Å². The van der Waals surface area contributed by atoms with E-state index in [2.05, 4.69) is 4.98 Å². The Morgan fingerprint density at radius 2 is 2.33 bits per heavy atom. The molecule has 116 valence electrons. The average molecular weight is 353 g/mol. The number of rotatable bonds is 5. The first-order valence-corrected chi connectivity index (χ1v) is 9.40. The second-order valence-corrected chi connectivity index (χ2v) is 8.15. The zero-order valence-electron chi connectivity index (χ0n) is 11.1. The summed E-state index contributed by atoms with van der Waals surface area (Å²) >= 11 is 1.17. The molecule has 0 radical (unpaired) electrons. The molecule has 10 heteroatoms. The van der Waals surface area contributed by atoms with Gasteiger partial charge in [-0.3, -0.25) is 14.5 Å². The van der Waals surface area contributed by atoms with Crippen LogP contribution in [-0.4, -0.2) is 43.7 Å². The van der Waals surface area contributed by atoms with Crippen molar-refractivity contribution in [2.45, 2.75) is 25.0 Å². The Hall–Kier alpha value is -1.19. The van der Waals surface area contributed by atoms with E-state index in [0.29, 0.717) is 10.8 Å². The monoisotopic (exact) mass is 352 g/mol. The highest BCUT2D eigenvalue weighted by molar-refractivity contribution is 8.14. The van der Waals surface area contributed by atoms with Crippen molar-refractivity contribution in [3.63, 3.8) is 0 Å². The molecule has 2 heterocycles. The summed E-state index contributed by atoms with van der Waals surface area (Å²) < 4.78 is 27.4. The summed E-state index contributed by atoms with van der Waals surface area (Å²) in [5, 5.41) is 1.08. The van der Waals surface area contributed by atoms with Gasteiger partial charge < -0.3 is 4.74 Å². The maximum Gasteiger partial charge on any atom is 0.311 e. The number of carbonyl (C=O) groups is 2. The van der Waals surface area contributed by atoms with Crippen LogP contribution in [0.4, 0.5) is 5.13 Å². The van der Waals surface area contributed by atoms with Gasteiger partial charge in [0.05, 0.1) is 18.7 Å². The zero-order valence-corrected chi connectivity index (χ0v) is 13.5. The first-order valence-electron chi connectivity index (χ1n) is 6.15. The van der Waals surface area contributed by atoms with Crippen molar-refractivity contribution in [1.29, 1.82) is 0 Å². The van der Waals surface area contributed by atoms with Crippen LogP contribution in [-0.2, 0) is 29.8 Å². The molecule has 0 spiro atoms. The number of nitrogens with zero attached hydrogens (tertiary/aromatic N) is 2. The van der Waals surface area contributed by atoms with Gasteiger partial charge in [0, 0.05) is 29.0 Å². The Kier molecular flexibility index (Phi) is 4.84. The zero-order chi connectivity index (χ0) is 15.6. The minimum Gasteiger partial charge on any atom is -0.466 e. The SMILES string of the molecule is CCOC(=O)Cc1csc(N2CC(S(=O)(=O)Cl)CC2=O)n1. The lowest BCUT2D eigenvalue weighted by atomic mass is 10.3. The molecule has 1 amide bonds. The maximum absolute atomic E-state index is 11.8. The molecule has 0 aromatic carbocycles. The molecule has 1 saturated heterocycles. The van der Waals surface area contributed by atoms with Crippen molar-refractivity contribution in [1.82, 2.24) is 4.98 Å². The molecule has 0 N–H and O–H groups in total. The van der Waals surface area contributed by atoms with Gasteiger partial charge in [-0.2, -0.15) is 0 Å². The standard InChI is InChI=1S/C11H13ClN2O5S2/c1-2-19-10(16)3-7-6-20-11(13-7)14-5-8(4-9(14)15)21(12,17)18/h6,8H,2-5H2,1H3. The Labute approximate surface area is 130 Å². The van der Waals surface area contributed by atoms with E-state index in [1.807, 2.05) is 0 Å². The lowest BCUT2D eigenvalue weighted by molar-refractivity contribution is -0.142. The van der Waals surface area contributed by atoms with E-state index in [1.165, 1.54) is 16.2 Å². The molecule has 0 bridgehead atoms. The Morgan fingerprint density at radius 1 is 1.62 bits per heavy atom. The molecule has 1 aromatic rings. The van der Waals surface area contributed by atoms with Gasteiger partial charge in [0.1, 0.15) is 5.25 Å². The van der Waals surface area contributed by atoms with Gasteiger partial charge in [-0.1, -0.05) is 0 Å². The topological polar surface area (TPSA) is 93.6 Å². The summed E-state index contributed by atoms with van der Waals surface area (Å²) in [5.41, 5.74) is 0.485. The third kappa shape index (κ3) is 3.92. The number of aromatic nitrogens is 1. The lowest BCUT2D eigenvalue weighted by Crippen LogP contribution is -2.26. The van der Waals surface area contributed by atoms with E-state index in [-0.39, 0.29) is 31.9 Å². The molecule has 1 unspecified atom stereocenters. The number of thiazole rings is 1. The highest BCUT2D eigenvalue weighted by atomic mass is 35.7. The molecule has 1 aliphatic heterocycles. The Bertz CT molecular complexity index is 657. The van der Waals surface area contributed by atoms with Crippen molar-refractivity contribution >= 4 is 48.1 Å². The first-order chi connectivity index (χ1) is 9.81. The smallest absolute Gasteiger partial charge is 0.311 e. The molecule has 0 aliphatic carbocycles. The van der Waals surface area contributed by atoms with Crippen LogP contribution >= 0.6 is 22.0 Å². The number of halogens is 1. The predicted molar refractivity (Wildman–Crippen MR) is 78.0 cm³/mol. The second kappa shape index (κ2) is 6.29. The van der Waals surface area contributed by atoms with Crippen LogP contribution in [0.1, 0.15) is 19.0 Å². The van der Waals surface area contributed by atoms with E-state index in [1.54, 1.807) is 12.3 Å². The molecule has 2 rings (SSSR count). The number of carbonyl (C=O) groups excluding carboxylic acids is 2. The van der Waals surface area contributed by atoms with Crippen LogP contribution in [0.3, 0.4) is 0 Å². The van der Waals surface area contributed by atoms with Gasteiger partial charge in [0.2, 0.25) is 15.0 Å². The number of amides is 1. The summed E-state index contributed by atoms with van der Waals surface area (Å²) in [6.45, 7) is 1.98. The Morgan fingerprint density at radius 3 is 2.90 bits per heavy atom. The predicted octanol–water partition coefficient (Wildman–Crippen LogP) is 0.923. The molecule has 1 fully saturated rings. The summed E-state index contributed by atoms with van der Waals surface area (Å²) in [6.07, 6.45) is -0.137. The van der Waals surface area contributed by atoms with E-state index in [0.717, 1.165) is 0 Å². The van der Waals surface area contributed by atoms with Gasteiger partial charge in [-0.15, -0.1) is 11.3 Å². The molecule has 1 aromatic heterocycles. The van der Waals surface area contributed by atoms with Gasteiger partial charge in [0.25, 0.3) is 0 Å². The van der Waals surface area contributed by atoms with Crippen molar-refractivity contribution < 1.29 is 22.7 Å². The van der Waals surface area contributed by atoms with Crippen molar-refractivity contribution in [2.75, 3.05) is 18.1 Å². The van der Waals surface area contributed by atoms with Crippen LogP contribution < -0.4 is 4.90 Å². The van der Waals surface area contributed by atoms with Crippen LogP contribution in [0.2, 0.25) is 0 Å². The molecular formula is C11H13ClN2O5S2. The maximum atomic E-state index is 11.8. The van der Waals surface area contributed by atoms with E-state index < -0.39 is 20.3 Å². The number of ether oxygens (including phenoxy) is 1. The Balaban J connectivity index is 2.08. The fraction of sp³-hybridized carbons (Fsp3) is 0.545. The number of esters is 1. The van der Waals surface area contributed by atoms with Gasteiger partial charge in [-0.25, -0.2) is 13.4 Å². The fourth-order valence-corrected chi connectivity index (χ4v) is 3.79. The molecule has 0 saturated carbocycles. The third-order valence-electron chi connectivity index (χ3n) is 2.89. The molecule has 1 aliphatic rings. The van der Waals surface area contributed by atoms with Crippen LogP contribution in [0.25, 0.3) is 0 Å². The second-order valence-electron chi connectivity index (χ2n) is 4.41. The van der Waals surface area contributed by atoms with E-state index >= 15 is 0 Å².